The Morgan fingerprint density at radius 3 is 0.632 bits per heavy atom. The van der Waals surface area contributed by atoms with Gasteiger partial charge in [-0.15, -0.1) is 0 Å². The highest BCUT2D eigenvalue weighted by molar-refractivity contribution is 7.78. The first-order valence-electron chi connectivity index (χ1n) is 8.47. The maximum absolute atomic E-state index is 3.54. The molecule has 0 aromatic carbocycles. The Morgan fingerprint density at radius 1 is 0.579 bits per heavy atom. The minimum absolute atomic E-state index is 1.25. The fourth-order valence-corrected chi connectivity index (χ4v) is 0. The van der Waals surface area contributed by atoms with E-state index >= 15 is 0 Å². The lowest BCUT2D eigenvalue weighted by atomic mass is 10.4. The van der Waals surface area contributed by atoms with Gasteiger partial charge >= 0.3 is 0 Å². The second-order valence-electron chi connectivity index (χ2n) is 2.64. The first kappa shape index (κ1) is 42.7. The van der Waals surface area contributed by atoms with Gasteiger partial charge in [0.15, 0.2) is 0 Å². The number of unbranched alkanes of at least 4 members (excludes halogenated alkanes) is 1. The highest BCUT2D eigenvalue weighted by atomic mass is 32.1. The summed E-state index contributed by atoms with van der Waals surface area (Å²) in [7, 11) is 1.74. The predicted molar refractivity (Wildman–Crippen MR) is 105 cm³/mol. The molecular weight excluding hydrogens is 250 g/mol. The monoisotopic (exact) mass is 299 g/mol. The summed E-state index contributed by atoms with van der Waals surface area (Å²) in [5.41, 5.74) is 0. The molecule has 128 valence electrons. The van der Waals surface area contributed by atoms with Crippen molar-refractivity contribution in [2.24, 2.45) is 0 Å². The van der Waals surface area contributed by atoms with Crippen molar-refractivity contribution in [2.45, 2.75) is 109 Å². The van der Waals surface area contributed by atoms with Crippen molar-refractivity contribution >= 4 is 12.8 Å². The molecule has 1 nitrogen and oxygen atoms in total. The summed E-state index contributed by atoms with van der Waals surface area (Å²) in [4.78, 5) is 0. The molecular formula is C17H49NS. The Labute approximate surface area is 133 Å². The van der Waals surface area contributed by atoms with Gasteiger partial charge in [-0.25, -0.2) is 0 Å². The number of nitrogens with one attached hydrogen (secondary N) is 1. The molecule has 0 spiro atoms. The second-order valence-corrected chi connectivity index (χ2v) is 3.09. The average Bonchev–Trinajstić information content (AvgIpc) is 2.47. The molecule has 19 heavy (non-hydrogen) atoms. The molecule has 0 unspecified atom stereocenters. The molecule has 0 aliphatic carbocycles. The van der Waals surface area contributed by atoms with Crippen LogP contribution >= 0.6 is 12.8 Å². The molecule has 0 aromatic rings. The van der Waals surface area contributed by atoms with Gasteiger partial charge in [0, 0.05) is 0 Å². The minimum atomic E-state index is 1.25. The molecule has 0 aliphatic rings. The predicted octanol–water partition coefficient (Wildman–Crippen LogP) is 7.77. The van der Waals surface area contributed by atoms with Crippen LogP contribution in [0.25, 0.3) is 0 Å². The molecule has 0 saturated carbocycles. The first-order valence-corrected chi connectivity index (χ1v) is 8.91. The topological polar surface area (TPSA) is 12.0 Å². The van der Waals surface area contributed by atoms with Gasteiger partial charge in [0.25, 0.3) is 0 Å². The van der Waals surface area contributed by atoms with E-state index in [0.29, 0.717) is 0 Å². The quantitative estimate of drug-likeness (QED) is 0.471. The lowest BCUT2D eigenvalue weighted by Gasteiger charge is -1.68. The number of rotatable bonds is 1. The van der Waals surface area contributed by atoms with Crippen LogP contribution in [0, 0.1) is 0 Å². The smallest absolute Gasteiger partial charge is 0.00587 e. The molecule has 0 saturated heterocycles. The summed E-state index contributed by atoms with van der Waals surface area (Å²) in [6, 6.07) is 0. The van der Waals surface area contributed by atoms with Crippen LogP contribution in [0.2, 0.25) is 0 Å². The van der Waals surface area contributed by atoms with E-state index in [4.69, 9.17) is 0 Å². The van der Waals surface area contributed by atoms with Crippen LogP contribution in [0.1, 0.15) is 109 Å². The third-order valence-corrected chi connectivity index (χ3v) is 0.500. The van der Waals surface area contributed by atoms with E-state index < -0.39 is 0 Å². The van der Waals surface area contributed by atoms with Crippen molar-refractivity contribution in [3.05, 3.63) is 0 Å². The highest BCUT2D eigenvalue weighted by Gasteiger charge is 1.56. The lowest BCUT2D eigenvalue weighted by Crippen LogP contribution is -1.76. The van der Waals surface area contributed by atoms with Crippen molar-refractivity contribution in [1.82, 2.24) is 4.72 Å². The Hall–Kier alpha value is 0.310. The Bertz CT molecular complexity index is 27.7. The van der Waals surface area contributed by atoms with Crippen LogP contribution in [-0.2, 0) is 0 Å². The lowest BCUT2D eigenvalue weighted by molar-refractivity contribution is 0.886. The summed E-state index contributed by atoms with van der Waals surface area (Å²) in [5.74, 6) is 0. The molecule has 0 radical (unpaired) electrons. The van der Waals surface area contributed by atoms with Crippen LogP contribution in [0.15, 0.2) is 0 Å². The zero-order chi connectivity index (χ0) is 17.5. The molecule has 0 rings (SSSR count). The van der Waals surface area contributed by atoms with Crippen molar-refractivity contribution in [1.29, 1.82) is 0 Å². The molecule has 1 N–H and O–H groups in total. The number of thiol groups is 1. The van der Waals surface area contributed by atoms with Gasteiger partial charge in [0.2, 0.25) is 0 Å². The summed E-state index contributed by atoms with van der Waals surface area (Å²) >= 11 is 3.54. The van der Waals surface area contributed by atoms with Gasteiger partial charge < -0.3 is 0 Å². The van der Waals surface area contributed by atoms with E-state index in [0.717, 1.165) is 0 Å². The maximum Gasteiger partial charge on any atom is -0.00587 e. The number of hydrogen-bond donors (Lipinski definition) is 2. The second kappa shape index (κ2) is 195. The molecule has 0 atom stereocenters. The third kappa shape index (κ3) is 2840. The van der Waals surface area contributed by atoms with Gasteiger partial charge in [-0.2, -0.15) is 0 Å². The SMILES string of the molecule is CC.CC.CC.CCC.CCC.CCCC.CNS. The summed E-state index contributed by atoms with van der Waals surface area (Å²) in [5, 5.41) is 0. The normalized spacial score (nSPS) is 5.37. The average molecular weight is 300 g/mol. The molecule has 0 fully saturated rings. The minimum Gasteiger partial charge on any atom is -0.270 e. The van der Waals surface area contributed by atoms with Gasteiger partial charge in [-0.05, 0) is 7.05 Å². The van der Waals surface area contributed by atoms with Crippen LogP contribution < -0.4 is 4.72 Å². The Kier molecular flexibility index (Phi) is 438. The van der Waals surface area contributed by atoms with Crippen LogP contribution in [-0.4, -0.2) is 7.05 Å². The molecule has 0 heterocycles. The highest BCUT2D eigenvalue weighted by Crippen LogP contribution is 1.76. The summed E-state index contributed by atoms with van der Waals surface area (Å²) in [6.07, 6.45) is 5.14. The first-order chi connectivity index (χ1) is 9.16. The fourth-order valence-electron chi connectivity index (χ4n) is 0. The molecule has 0 aromatic heterocycles. The van der Waals surface area contributed by atoms with E-state index in [1.165, 1.54) is 25.7 Å². The van der Waals surface area contributed by atoms with Crippen LogP contribution in [0.4, 0.5) is 0 Å². The molecule has 0 bridgehead atoms. The van der Waals surface area contributed by atoms with E-state index in [9.17, 15) is 0 Å². The molecule has 2 heteroatoms. The van der Waals surface area contributed by atoms with Crippen LogP contribution in [0.5, 0.6) is 0 Å². The van der Waals surface area contributed by atoms with Gasteiger partial charge in [0.05, 0.1) is 0 Å². The number of hydrogen-bond acceptors (Lipinski definition) is 2. The summed E-state index contributed by atoms with van der Waals surface area (Å²) < 4.78 is 2.44. The molecule has 0 aliphatic heterocycles. The van der Waals surface area contributed by atoms with Crippen molar-refractivity contribution in [2.75, 3.05) is 7.05 Å². The van der Waals surface area contributed by atoms with Crippen molar-refractivity contribution in [3.8, 4) is 0 Å². The van der Waals surface area contributed by atoms with Gasteiger partial charge in [0.1, 0.15) is 0 Å². The van der Waals surface area contributed by atoms with E-state index in [-0.39, 0.29) is 0 Å². The standard InChI is InChI=1S/C4H10.2C3H8.3C2H6.CH5NS/c1-3-4-2;2*1-3-2;3*1-2;1-2-3/h3-4H2,1-2H3;2*3H2,1-2H3;3*1-2H3;2-3H,1H3. The maximum atomic E-state index is 3.54. The van der Waals surface area contributed by atoms with Crippen molar-refractivity contribution in [3.63, 3.8) is 0 Å². The zero-order valence-corrected chi connectivity index (χ0v) is 17.7. The summed E-state index contributed by atoms with van der Waals surface area (Å²) in [6.45, 7) is 24.9. The zero-order valence-electron chi connectivity index (χ0n) is 16.8. The fraction of sp³-hybridized carbons (Fsp3) is 1.00. The van der Waals surface area contributed by atoms with Crippen LogP contribution in [0.3, 0.4) is 0 Å². The Morgan fingerprint density at radius 2 is 0.632 bits per heavy atom. The largest absolute Gasteiger partial charge is 0.270 e. The van der Waals surface area contributed by atoms with E-state index in [1.54, 1.807) is 7.05 Å². The van der Waals surface area contributed by atoms with E-state index in [1.807, 2.05) is 41.5 Å². The molecule has 0 amide bonds. The van der Waals surface area contributed by atoms with Gasteiger partial charge in [-0.3, -0.25) is 4.72 Å². The Balaban J connectivity index is -0.0000000180. The van der Waals surface area contributed by atoms with Gasteiger partial charge in [-0.1, -0.05) is 122 Å². The third-order valence-electron chi connectivity index (χ3n) is 0.500. The van der Waals surface area contributed by atoms with E-state index in [2.05, 4.69) is 59.1 Å². The van der Waals surface area contributed by atoms with Crippen molar-refractivity contribution < 1.29 is 0 Å².